The molecule has 0 unspecified atom stereocenters. The summed E-state index contributed by atoms with van der Waals surface area (Å²) in [4.78, 5) is 189. The summed E-state index contributed by atoms with van der Waals surface area (Å²) in [5.74, 6) is -15.2. The molecule has 1 heterocycles. The van der Waals surface area contributed by atoms with E-state index in [1.165, 1.54) is 19.4 Å². The number of aliphatic hydroxyl groups excluding tert-OH is 1. The van der Waals surface area contributed by atoms with E-state index in [2.05, 4.69) is 78.1 Å². The number of imidazole rings is 1. The van der Waals surface area contributed by atoms with Crippen LogP contribution in [-0.4, -0.2) is 208 Å². The monoisotopic (exact) mass is 1250 g/mol. The van der Waals surface area contributed by atoms with Crippen LogP contribution in [0.1, 0.15) is 91.2 Å². The fraction of sp³-hybridized carbons (Fsp3) is 0.612. The Kier molecular flexibility index (Phi) is 34.2. The SMILES string of the molecule is CC[C@H](C)[C@H](NC(=O)[C@H](C)NC(=O)[C@H](CC(N)=O)NC(=O)[C@H](CCCN=C(N)N)NC(=O)[C@H](CCCN=C(N)N)NC(=O)CNC(=O)[C@@H](NC(=O)[C@H](CCCN=C(N)N)NC(=O)CN)[C@@H](C)O)C(=O)N[C@@H](Cc1cnc[nH]1)C(=O)N[C@@H](CC(=O)O)C(N)=O. The minimum Gasteiger partial charge on any atom is -0.481 e. The van der Waals surface area contributed by atoms with E-state index in [-0.39, 0.29) is 88.9 Å². The van der Waals surface area contributed by atoms with Gasteiger partial charge in [-0.15, -0.1) is 0 Å². The van der Waals surface area contributed by atoms with Gasteiger partial charge in [0.2, 0.25) is 70.9 Å². The number of aromatic amines is 1. The van der Waals surface area contributed by atoms with E-state index in [9.17, 15) is 72.5 Å². The number of rotatable bonds is 42. The van der Waals surface area contributed by atoms with E-state index in [1.807, 2.05) is 0 Å². The fourth-order valence-electron chi connectivity index (χ4n) is 7.82. The molecular weight excluding hydrogens is 1160 g/mol. The average molecular weight is 1250 g/mol. The molecule has 0 saturated heterocycles. The molecule has 0 radical (unpaired) electrons. The number of aliphatic imine (C=N–C) groups is 3. The first kappa shape index (κ1) is 76.1. The van der Waals surface area contributed by atoms with Gasteiger partial charge >= 0.3 is 5.97 Å². The van der Waals surface area contributed by atoms with Crippen molar-refractivity contribution < 1.29 is 72.5 Å². The number of nitrogens with one attached hydrogen (secondary N) is 11. The lowest BCUT2D eigenvalue weighted by Gasteiger charge is -2.28. The summed E-state index contributed by atoms with van der Waals surface area (Å²) in [7, 11) is 0. The molecule has 0 spiro atoms. The van der Waals surface area contributed by atoms with E-state index in [1.54, 1.807) is 13.8 Å². The third-order valence-corrected chi connectivity index (χ3v) is 12.7. The molecule has 0 fully saturated rings. The van der Waals surface area contributed by atoms with E-state index in [0.29, 0.717) is 5.69 Å². The molecule has 88 heavy (non-hydrogen) atoms. The summed E-state index contributed by atoms with van der Waals surface area (Å²) in [6, 6.07) is -14.0. The zero-order valence-corrected chi connectivity index (χ0v) is 49.3. The number of carbonyl (C=O) groups excluding carboxylic acids is 12. The first-order chi connectivity index (χ1) is 41.3. The Morgan fingerprint density at radius 2 is 0.977 bits per heavy atom. The molecule has 0 aliphatic heterocycles. The summed E-state index contributed by atoms with van der Waals surface area (Å²) in [5.41, 5.74) is 49.1. The molecule has 11 atom stereocenters. The van der Waals surface area contributed by atoms with Gasteiger partial charge in [-0.3, -0.25) is 77.3 Å². The highest BCUT2D eigenvalue weighted by Crippen LogP contribution is 2.12. The topological polar surface area (TPSA) is 683 Å². The molecule has 39 nitrogen and oxygen atoms in total. The number of nitrogens with two attached hydrogens (primary N) is 9. The third kappa shape index (κ3) is 30.2. The number of aromatic nitrogens is 2. The van der Waals surface area contributed by atoms with Crippen molar-refractivity contribution in [3.8, 4) is 0 Å². The van der Waals surface area contributed by atoms with Crippen molar-refractivity contribution in [2.75, 3.05) is 32.7 Å². The number of carboxylic acids is 1. The maximum atomic E-state index is 14.2. The molecule has 31 N–H and O–H groups in total. The van der Waals surface area contributed by atoms with Crippen LogP contribution in [0.15, 0.2) is 27.5 Å². The molecule has 39 heteroatoms. The Balaban J connectivity index is 3.45. The van der Waals surface area contributed by atoms with Crippen LogP contribution in [0.25, 0.3) is 0 Å². The van der Waals surface area contributed by atoms with E-state index < -0.39 is 169 Å². The minimum absolute atomic E-state index is 0.00901. The number of aliphatic carboxylic acids is 1. The van der Waals surface area contributed by atoms with Gasteiger partial charge < -0.3 is 120 Å². The predicted molar refractivity (Wildman–Crippen MR) is 314 cm³/mol. The number of guanidine groups is 3. The highest BCUT2D eigenvalue weighted by Gasteiger charge is 2.36. The van der Waals surface area contributed by atoms with E-state index in [4.69, 9.17) is 51.6 Å². The second-order valence-electron chi connectivity index (χ2n) is 20.0. The Morgan fingerprint density at radius 3 is 1.42 bits per heavy atom. The van der Waals surface area contributed by atoms with Crippen molar-refractivity contribution >= 4 is 94.7 Å². The van der Waals surface area contributed by atoms with Crippen LogP contribution in [0.3, 0.4) is 0 Å². The lowest BCUT2D eigenvalue weighted by Crippen LogP contribution is -2.61. The molecule has 0 aromatic carbocycles. The van der Waals surface area contributed by atoms with Crippen molar-refractivity contribution in [1.82, 2.24) is 63.1 Å². The minimum atomic E-state index is -1.83. The van der Waals surface area contributed by atoms with Gasteiger partial charge in [0.1, 0.15) is 54.4 Å². The molecule has 0 saturated carbocycles. The molecule has 0 aliphatic carbocycles. The molecule has 1 aromatic rings. The quantitative estimate of drug-likeness (QED) is 0.0164. The number of hydrogen-bond acceptors (Lipinski definition) is 19. The zero-order valence-electron chi connectivity index (χ0n) is 49.3. The van der Waals surface area contributed by atoms with Gasteiger partial charge in [0, 0.05) is 37.9 Å². The van der Waals surface area contributed by atoms with Crippen molar-refractivity contribution in [3.05, 3.63) is 18.2 Å². The molecule has 0 aliphatic rings. The van der Waals surface area contributed by atoms with Crippen LogP contribution >= 0.6 is 0 Å². The fourth-order valence-corrected chi connectivity index (χ4v) is 7.82. The maximum absolute atomic E-state index is 14.2. The van der Waals surface area contributed by atoms with Gasteiger partial charge in [-0.05, 0) is 58.3 Å². The first-order valence-corrected chi connectivity index (χ1v) is 27.6. The van der Waals surface area contributed by atoms with Gasteiger partial charge in [0.25, 0.3) is 0 Å². The Bertz CT molecular complexity index is 2640. The average Bonchev–Trinajstić information content (AvgIpc) is 3.93. The number of aliphatic hydroxyl groups is 1. The van der Waals surface area contributed by atoms with Crippen molar-refractivity contribution in [2.24, 2.45) is 72.5 Å². The lowest BCUT2D eigenvalue weighted by atomic mass is 9.97. The van der Waals surface area contributed by atoms with Gasteiger partial charge in [0.15, 0.2) is 17.9 Å². The molecule has 492 valence electrons. The van der Waals surface area contributed by atoms with Crippen LogP contribution in [0.5, 0.6) is 0 Å². The number of carboxylic acid groups (broad SMARTS) is 1. The largest absolute Gasteiger partial charge is 0.481 e. The number of hydrogen-bond donors (Lipinski definition) is 22. The number of nitrogens with zero attached hydrogens (tertiary/aromatic N) is 4. The lowest BCUT2D eigenvalue weighted by molar-refractivity contribution is -0.140. The standard InChI is InChI=1S/C49H86N24O15/c1-5-22(2)36(46(88)71-30(15-25-19-59-21-64-25)44(86)69-29(38(52)80)17-35(78)79)72-39(81)23(3)65-43(85)31(16-32(51)75)70-41(83)28(11-8-14-62-49(57)58)68-40(82)26(9-6-12-60-47(53)54)67-34(77)20-63-45(87)37(24(4)74)73-42(84)27(66-33(76)18-50)10-7-13-61-48(55)56/h19,21-24,26-31,36-37,74H,5-18,20,50H2,1-4H3,(H2,51,75)(H2,52,80)(H,59,64)(H,63,87)(H,65,85)(H,66,76)(H,67,77)(H,68,82)(H,69,86)(H,70,83)(H,71,88)(H,72,81)(H,73,84)(H,78,79)(H4,53,54,60)(H4,55,56,61)(H4,57,58,62)/t22-,23-,24+,26-,27-,28-,29-,30-,31-,36-,37-/m0/s1. The Labute approximate surface area is 505 Å². The van der Waals surface area contributed by atoms with Crippen LogP contribution in [0.4, 0.5) is 0 Å². The number of primary amides is 2. The maximum Gasteiger partial charge on any atom is 0.305 e. The Morgan fingerprint density at radius 1 is 0.534 bits per heavy atom. The number of carbonyl (C=O) groups is 13. The Hall–Kier alpha value is -9.95. The second-order valence-corrected chi connectivity index (χ2v) is 20.0. The van der Waals surface area contributed by atoms with Gasteiger partial charge in [-0.2, -0.15) is 0 Å². The van der Waals surface area contributed by atoms with Gasteiger partial charge in [-0.25, -0.2) is 4.98 Å². The van der Waals surface area contributed by atoms with Crippen LogP contribution < -0.4 is 105 Å². The summed E-state index contributed by atoms with van der Waals surface area (Å²) in [5, 5.41) is 43.5. The number of H-pyrrole nitrogens is 1. The normalized spacial score (nSPS) is 14.5. The zero-order chi connectivity index (χ0) is 66.8. The highest BCUT2D eigenvalue weighted by molar-refractivity contribution is 6.00. The van der Waals surface area contributed by atoms with Crippen LogP contribution in [0.2, 0.25) is 0 Å². The summed E-state index contributed by atoms with van der Waals surface area (Å²) in [6.45, 7) is 4.17. The summed E-state index contributed by atoms with van der Waals surface area (Å²) < 4.78 is 0. The molecule has 12 amide bonds. The van der Waals surface area contributed by atoms with Crippen molar-refractivity contribution in [3.63, 3.8) is 0 Å². The summed E-state index contributed by atoms with van der Waals surface area (Å²) >= 11 is 0. The van der Waals surface area contributed by atoms with Crippen molar-refractivity contribution in [2.45, 2.75) is 152 Å². The predicted octanol–water partition coefficient (Wildman–Crippen LogP) is -11.2. The first-order valence-electron chi connectivity index (χ1n) is 27.6. The van der Waals surface area contributed by atoms with Crippen LogP contribution in [0, 0.1) is 5.92 Å². The third-order valence-electron chi connectivity index (χ3n) is 12.7. The van der Waals surface area contributed by atoms with E-state index in [0.717, 1.165) is 6.92 Å². The van der Waals surface area contributed by atoms with Gasteiger partial charge in [-0.1, -0.05) is 20.3 Å². The van der Waals surface area contributed by atoms with E-state index >= 15 is 0 Å². The highest BCUT2D eigenvalue weighted by atomic mass is 16.4. The summed E-state index contributed by atoms with van der Waals surface area (Å²) in [6.07, 6.45) is -1.00. The van der Waals surface area contributed by atoms with Gasteiger partial charge in [0.05, 0.1) is 38.4 Å². The molecule has 1 rings (SSSR count). The molecular formula is C49H86N24O15. The van der Waals surface area contributed by atoms with Crippen molar-refractivity contribution in [1.29, 1.82) is 0 Å². The smallest absolute Gasteiger partial charge is 0.305 e. The number of amides is 12. The molecule has 0 bridgehead atoms. The van der Waals surface area contributed by atoms with Crippen LogP contribution in [-0.2, 0) is 68.7 Å². The molecule has 1 aromatic heterocycles. The second kappa shape index (κ2) is 39.6.